The number of halogens is 1. The van der Waals surface area contributed by atoms with Gasteiger partial charge in [-0.2, -0.15) is 0 Å². The molecule has 0 aliphatic heterocycles. The van der Waals surface area contributed by atoms with Crippen molar-refractivity contribution >= 4 is 33.2 Å². The number of thiazole rings is 1. The molecule has 2 aromatic rings. The van der Waals surface area contributed by atoms with Gasteiger partial charge in [0, 0.05) is 12.8 Å². The first kappa shape index (κ1) is 10.5. The monoisotopic (exact) mass is 235 g/mol. The van der Waals surface area contributed by atoms with E-state index >= 15 is 0 Å². The smallest absolute Gasteiger partial charge is 0.0948 e. The fourth-order valence-corrected chi connectivity index (χ4v) is 2.75. The van der Waals surface area contributed by atoms with Crippen LogP contribution < -0.4 is 0 Å². The van der Waals surface area contributed by atoms with E-state index in [-0.39, 0.29) is 0 Å². The summed E-state index contributed by atoms with van der Waals surface area (Å²) in [6, 6.07) is 3.91. The van der Waals surface area contributed by atoms with E-state index in [1.807, 2.05) is 19.1 Å². The predicted octanol–water partition coefficient (Wildman–Crippen LogP) is 3.82. The molecule has 76 valence electrons. The van der Waals surface area contributed by atoms with Crippen LogP contribution in [-0.4, -0.2) is 4.98 Å². The Morgan fingerprint density at radius 1 is 1.53 bits per heavy atom. The fraction of sp³-hybridized carbons (Fsp3) is 0.250. The average molecular weight is 236 g/mol. The van der Waals surface area contributed by atoms with Crippen molar-refractivity contribution in [2.24, 2.45) is 0 Å². The number of hydrogen-bond acceptors (Lipinski definition) is 2. The molecule has 0 saturated heterocycles. The van der Waals surface area contributed by atoms with Crippen molar-refractivity contribution in [3.8, 4) is 12.3 Å². The Bertz CT molecular complexity index is 497. The van der Waals surface area contributed by atoms with Crippen LogP contribution in [0.3, 0.4) is 0 Å². The van der Waals surface area contributed by atoms with Gasteiger partial charge in [0.25, 0.3) is 0 Å². The van der Waals surface area contributed by atoms with Gasteiger partial charge in [-0.1, -0.05) is 17.7 Å². The Kier molecular flexibility index (Phi) is 2.95. The van der Waals surface area contributed by atoms with Crippen LogP contribution in [0.15, 0.2) is 12.1 Å². The van der Waals surface area contributed by atoms with E-state index in [4.69, 9.17) is 18.0 Å². The number of aromatic nitrogens is 1. The first-order valence-electron chi connectivity index (χ1n) is 4.70. The van der Waals surface area contributed by atoms with Crippen molar-refractivity contribution in [2.75, 3.05) is 0 Å². The maximum absolute atomic E-state index is 6.11. The highest BCUT2D eigenvalue weighted by Gasteiger charge is 2.08. The molecule has 0 radical (unpaired) electrons. The number of rotatable bonds is 2. The van der Waals surface area contributed by atoms with Crippen LogP contribution in [0.1, 0.15) is 17.0 Å². The molecule has 0 saturated carbocycles. The summed E-state index contributed by atoms with van der Waals surface area (Å²) in [7, 11) is 0. The third-order valence-corrected chi connectivity index (χ3v) is 3.80. The first-order chi connectivity index (χ1) is 7.22. The highest BCUT2D eigenvalue weighted by molar-refractivity contribution is 7.19. The number of hydrogen-bond donors (Lipinski definition) is 0. The van der Waals surface area contributed by atoms with E-state index in [2.05, 4.69) is 10.9 Å². The van der Waals surface area contributed by atoms with Crippen molar-refractivity contribution in [3.05, 3.63) is 27.7 Å². The van der Waals surface area contributed by atoms with E-state index in [9.17, 15) is 0 Å². The molecule has 1 aromatic heterocycles. The molecule has 15 heavy (non-hydrogen) atoms. The van der Waals surface area contributed by atoms with Crippen LogP contribution in [-0.2, 0) is 6.42 Å². The molecule has 0 amide bonds. The number of aryl methyl sites for hydroxylation is 2. The fourth-order valence-electron chi connectivity index (χ4n) is 1.43. The Morgan fingerprint density at radius 3 is 3.00 bits per heavy atom. The summed E-state index contributed by atoms with van der Waals surface area (Å²) in [5, 5.41) is 1.85. The molecule has 2 rings (SSSR count). The lowest BCUT2D eigenvalue weighted by Gasteiger charge is -1.94. The van der Waals surface area contributed by atoms with E-state index in [1.165, 1.54) is 0 Å². The summed E-state index contributed by atoms with van der Waals surface area (Å²) in [6.07, 6.45) is 6.80. The summed E-state index contributed by atoms with van der Waals surface area (Å²) in [4.78, 5) is 4.55. The molecule has 0 atom stereocenters. The molecular weight excluding hydrogens is 226 g/mol. The lowest BCUT2D eigenvalue weighted by Crippen LogP contribution is -1.81. The van der Waals surface area contributed by atoms with Crippen LogP contribution in [0.25, 0.3) is 10.2 Å². The summed E-state index contributed by atoms with van der Waals surface area (Å²) in [5.41, 5.74) is 2.18. The molecule has 0 aliphatic carbocycles. The Balaban J connectivity index is 2.51. The van der Waals surface area contributed by atoms with E-state index in [0.717, 1.165) is 38.7 Å². The van der Waals surface area contributed by atoms with Gasteiger partial charge in [0.15, 0.2) is 0 Å². The van der Waals surface area contributed by atoms with Crippen molar-refractivity contribution in [1.82, 2.24) is 4.98 Å². The minimum Gasteiger partial charge on any atom is -0.241 e. The van der Waals surface area contributed by atoms with Crippen LogP contribution in [0.2, 0.25) is 5.02 Å². The third kappa shape index (κ3) is 1.99. The zero-order chi connectivity index (χ0) is 10.8. The van der Waals surface area contributed by atoms with E-state index in [0.29, 0.717) is 0 Å². The van der Waals surface area contributed by atoms with Gasteiger partial charge in [0.05, 0.1) is 20.2 Å². The SMILES string of the molecule is C#CCCc1nc2c(C)ccc(Cl)c2s1. The molecule has 0 fully saturated rings. The maximum atomic E-state index is 6.11. The molecule has 0 N–H and O–H groups in total. The summed E-state index contributed by atoms with van der Waals surface area (Å²) < 4.78 is 1.07. The van der Waals surface area contributed by atoms with Crippen molar-refractivity contribution in [1.29, 1.82) is 0 Å². The first-order valence-corrected chi connectivity index (χ1v) is 5.90. The van der Waals surface area contributed by atoms with Crippen molar-refractivity contribution < 1.29 is 0 Å². The van der Waals surface area contributed by atoms with Crippen LogP contribution in [0, 0.1) is 19.3 Å². The van der Waals surface area contributed by atoms with Crippen LogP contribution in [0.5, 0.6) is 0 Å². The van der Waals surface area contributed by atoms with Gasteiger partial charge in [-0.3, -0.25) is 0 Å². The summed E-state index contributed by atoms with van der Waals surface area (Å²) in [5.74, 6) is 2.62. The van der Waals surface area contributed by atoms with Gasteiger partial charge < -0.3 is 0 Å². The van der Waals surface area contributed by atoms with Gasteiger partial charge >= 0.3 is 0 Å². The molecule has 1 nitrogen and oxygen atoms in total. The Hall–Kier alpha value is -1.04. The van der Waals surface area contributed by atoms with Gasteiger partial charge in [-0.25, -0.2) is 4.98 Å². The van der Waals surface area contributed by atoms with E-state index in [1.54, 1.807) is 11.3 Å². The van der Waals surface area contributed by atoms with Crippen LogP contribution >= 0.6 is 22.9 Å². The zero-order valence-corrected chi connectivity index (χ0v) is 9.95. The molecule has 3 heteroatoms. The normalized spacial score (nSPS) is 10.5. The number of terminal acetylenes is 1. The van der Waals surface area contributed by atoms with Crippen LogP contribution in [0.4, 0.5) is 0 Å². The minimum absolute atomic E-state index is 0.733. The molecule has 0 aliphatic rings. The lowest BCUT2D eigenvalue weighted by atomic mass is 10.2. The highest BCUT2D eigenvalue weighted by Crippen LogP contribution is 2.31. The quantitative estimate of drug-likeness (QED) is 0.721. The molecular formula is C12H10ClNS. The van der Waals surface area contributed by atoms with E-state index < -0.39 is 0 Å². The minimum atomic E-state index is 0.733. The summed E-state index contributed by atoms with van der Waals surface area (Å²) >= 11 is 7.75. The largest absolute Gasteiger partial charge is 0.241 e. The summed E-state index contributed by atoms with van der Waals surface area (Å²) in [6.45, 7) is 2.04. The Labute approximate surface area is 98.1 Å². The number of fused-ring (bicyclic) bond motifs is 1. The second-order valence-electron chi connectivity index (χ2n) is 3.35. The van der Waals surface area contributed by atoms with Gasteiger partial charge in [0.2, 0.25) is 0 Å². The molecule has 1 aromatic carbocycles. The number of nitrogens with zero attached hydrogens (tertiary/aromatic N) is 1. The third-order valence-electron chi connectivity index (χ3n) is 2.22. The highest BCUT2D eigenvalue weighted by atomic mass is 35.5. The lowest BCUT2D eigenvalue weighted by molar-refractivity contribution is 1.01. The number of benzene rings is 1. The standard InChI is InChI=1S/C12H10ClNS/c1-3-4-5-10-14-11-8(2)6-7-9(13)12(11)15-10/h1,6-7H,4-5H2,2H3. The van der Waals surface area contributed by atoms with Crippen molar-refractivity contribution in [2.45, 2.75) is 19.8 Å². The molecule has 0 bridgehead atoms. The predicted molar refractivity (Wildman–Crippen MR) is 66.5 cm³/mol. The zero-order valence-electron chi connectivity index (χ0n) is 8.38. The van der Waals surface area contributed by atoms with Gasteiger partial charge in [0.1, 0.15) is 0 Å². The Morgan fingerprint density at radius 2 is 2.33 bits per heavy atom. The molecule has 0 unspecified atom stereocenters. The maximum Gasteiger partial charge on any atom is 0.0948 e. The second-order valence-corrected chi connectivity index (χ2v) is 4.84. The average Bonchev–Trinajstić information content (AvgIpc) is 2.66. The van der Waals surface area contributed by atoms with Crippen molar-refractivity contribution in [3.63, 3.8) is 0 Å². The second kappa shape index (κ2) is 4.22. The molecule has 0 spiro atoms. The molecule has 1 heterocycles. The van der Waals surface area contributed by atoms with Gasteiger partial charge in [-0.15, -0.1) is 23.7 Å². The van der Waals surface area contributed by atoms with Gasteiger partial charge in [-0.05, 0) is 18.6 Å². The topological polar surface area (TPSA) is 12.9 Å².